The quantitative estimate of drug-likeness (QED) is 0.633. The minimum atomic E-state index is -0.878. The molecule has 0 heterocycles. The zero-order valence-corrected chi connectivity index (χ0v) is 16.9. The standard InChI is InChI=1S/C22H26N2O5/c1-15(22(27)23-13-12-17-6-10-20(28-3)11-7-17)29-21(26)14-18-4-8-19(9-5-18)24-16(2)25/h4-11,15H,12-14H2,1-3H3,(H,23,27)(H,24,25)/t15-/m1/s1. The maximum absolute atomic E-state index is 12.1. The average molecular weight is 398 g/mol. The van der Waals surface area contributed by atoms with E-state index in [1.54, 1.807) is 38.3 Å². The summed E-state index contributed by atoms with van der Waals surface area (Å²) in [5, 5.41) is 5.42. The number of amides is 2. The van der Waals surface area contributed by atoms with Crippen LogP contribution in [0.1, 0.15) is 25.0 Å². The van der Waals surface area contributed by atoms with E-state index in [0.717, 1.165) is 16.9 Å². The van der Waals surface area contributed by atoms with E-state index in [1.807, 2.05) is 24.3 Å². The summed E-state index contributed by atoms with van der Waals surface area (Å²) in [6.45, 7) is 3.41. The first-order chi connectivity index (χ1) is 13.9. The lowest BCUT2D eigenvalue weighted by atomic mass is 10.1. The van der Waals surface area contributed by atoms with E-state index in [-0.39, 0.29) is 18.2 Å². The lowest BCUT2D eigenvalue weighted by Gasteiger charge is -2.14. The molecule has 0 spiro atoms. The molecule has 0 aliphatic heterocycles. The highest BCUT2D eigenvalue weighted by atomic mass is 16.5. The van der Waals surface area contributed by atoms with Gasteiger partial charge < -0.3 is 20.1 Å². The third-order valence-electron chi connectivity index (χ3n) is 4.17. The lowest BCUT2D eigenvalue weighted by Crippen LogP contribution is -2.37. The number of nitrogens with one attached hydrogen (secondary N) is 2. The number of carbonyl (C=O) groups excluding carboxylic acids is 3. The fraction of sp³-hybridized carbons (Fsp3) is 0.318. The molecular weight excluding hydrogens is 372 g/mol. The Morgan fingerprint density at radius 1 is 0.966 bits per heavy atom. The lowest BCUT2D eigenvalue weighted by molar-refractivity contribution is -0.154. The second-order valence-electron chi connectivity index (χ2n) is 6.58. The number of anilines is 1. The summed E-state index contributed by atoms with van der Waals surface area (Å²) in [4.78, 5) is 35.2. The third-order valence-corrected chi connectivity index (χ3v) is 4.17. The highest BCUT2D eigenvalue weighted by Gasteiger charge is 2.17. The first-order valence-electron chi connectivity index (χ1n) is 9.34. The number of esters is 1. The smallest absolute Gasteiger partial charge is 0.311 e. The Labute approximate surface area is 170 Å². The molecule has 2 aromatic carbocycles. The van der Waals surface area contributed by atoms with Gasteiger partial charge in [0.1, 0.15) is 5.75 Å². The Balaban J connectivity index is 1.73. The van der Waals surface area contributed by atoms with E-state index < -0.39 is 12.1 Å². The summed E-state index contributed by atoms with van der Waals surface area (Å²) in [6, 6.07) is 14.5. The molecular formula is C22H26N2O5. The molecule has 2 aromatic rings. The van der Waals surface area contributed by atoms with Crippen molar-refractivity contribution in [2.24, 2.45) is 0 Å². The maximum Gasteiger partial charge on any atom is 0.311 e. The number of hydrogen-bond acceptors (Lipinski definition) is 5. The number of methoxy groups -OCH3 is 1. The van der Waals surface area contributed by atoms with Gasteiger partial charge in [-0.1, -0.05) is 24.3 Å². The van der Waals surface area contributed by atoms with Gasteiger partial charge in [0, 0.05) is 19.2 Å². The van der Waals surface area contributed by atoms with Crippen LogP contribution < -0.4 is 15.4 Å². The van der Waals surface area contributed by atoms with E-state index in [0.29, 0.717) is 18.7 Å². The highest BCUT2D eigenvalue weighted by Crippen LogP contribution is 2.12. The van der Waals surface area contributed by atoms with Crippen LogP contribution in [-0.2, 0) is 32.0 Å². The van der Waals surface area contributed by atoms with Crippen molar-refractivity contribution in [3.8, 4) is 5.75 Å². The van der Waals surface area contributed by atoms with Crippen molar-refractivity contribution in [2.45, 2.75) is 32.8 Å². The zero-order chi connectivity index (χ0) is 21.2. The van der Waals surface area contributed by atoms with Crippen molar-refractivity contribution < 1.29 is 23.9 Å². The van der Waals surface area contributed by atoms with Crippen LogP contribution in [0.25, 0.3) is 0 Å². The van der Waals surface area contributed by atoms with Gasteiger partial charge in [-0.05, 0) is 48.7 Å². The zero-order valence-electron chi connectivity index (χ0n) is 16.9. The molecule has 154 valence electrons. The molecule has 2 amide bonds. The monoisotopic (exact) mass is 398 g/mol. The fourth-order valence-electron chi connectivity index (χ4n) is 2.63. The van der Waals surface area contributed by atoms with Gasteiger partial charge in [-0.3, -0.25) is 14.4 Å². The molecule has 1 atom stereocenters. The molecule has 0 aliphatic rings. The van der Waals surface area contributed by atoms with Crippen LogP contribution in [0, 0.1) is 0 Å². The normalized spacial score (nSPS) is 11.3. The Hall–Kier alpha value is -3.35. The van der Waals surface area contributed by atoms with Gasteiger partial charge in [0.15, 0.2) is 6.10 Å². The van der Waals surface area contributed by atoms with Crippen molar-refractivity contribution in [1.82, 2.24) is 5.32 Å². The van der Waals surface area contributed by atoms with Crippen molar-refractivity contribution in [3.05, 3.63) is 59.7 Å². The Morgan fingerprint density at radius 2 is 1.59 bits per heavy atom. The topological polar surface area (TPSA) is 93.7 Å². The number of carbonyl (C=O) groups is 3. The number of benzene rings is 2. The van der Waals surface area contributed by atoms with E-state index in [2.05, 4.69) is 10.6 Å². The highest BCUT2D eigenvalue weighted by molar-refractivity contribution is 5.88. The number of ether oxygens (including phenoxy) is 2. The van der Waals surface area contributed by atoms with Crippen LogP contribution in [0.2, 0.25) is 0 Å². The minimum Gasteiger partial charge on any atom is -0.497 e. The van der Waals surface area contributed by atoms with Gasteiger partial charge in [-0.15, -0.1) is 0 Å². The minimum absolute atomic E-state index is 0.0455. The molecule has 2 rings (SSSR count). The molecule has 7 heteroatoms. The van der Waals surface area contributed by atoms with E-state index in [9.17, 15) is 14.4 Å². The number of rotatable bonds is 9. The second-order valence-corrected chi connectivity index (χ2v) is 6.58. The predicted molar refractivity (Wildman–Crippen MR) is 110 cm³/mol. The van der Waals surface area contributed by atoms with Crippen LogP contribution in [0.3, 0.4) is 0 Å². The van der Waals surface area contributed by atoms with E-state index in [4.69, 9.17) is 9.47 Å². The van der Waals surface area contributed by atoms with Crippen molar-refractivity contribution >= 4 is 23.5 Å². The van der Waals surface area contributed by atoms with Crippen molar-refractivity contribution in [2.75, 3.05) is 19.0 Å². The van der Waals surface area contributed by atoms with Crippen LogP contribution in [0.5, 0.6) is 5.75 Å². The van der Waals surface area contributed by atoms with Crippen molar-refractivity contribution in [1.29, 1.82) is 0 Å². The van der Waals surface area contributed by atoms with E-state index in [1.165, 1.54) is 6.92 Å². The molecule has 0 aromatic heterocycles. The SMILES string of the molecule is COc1ccc(CCNC(=O)[C@@H](C)OC(=O)Cc2ccc(NC(C)=O)cc2)cc1. The molecule has 0 aliphatic carbocycles. The Morgan fingerprint density at radius 3 is 2.17 bits per heavy atom. The summed E-state index contributed by atoms with van der Waals surface area (Å²) in [6.07, 6.45) is -0.169. The number of hydrogen-bond donors (Lipinski definition) is 2. The van der Waals surface area contributed by atoms with Crippen LogP contribution in [0.4, 0.5) is 5.69 Å². The van der Waals surface area contributed by atoms with Gasteiger partial charge in [0.05, 0.1) is 13.5 Å². The van der Waals surface area contributed by atoms with Gasteiger partial charge in [-0.2, -0.15) is 0 Å². The summed E-state index contributed by atoms with van der Waals surface area (Å²) < 4.78 is 10.3. The van der Waals surface area contributed by atoms with Crippen LogP contribution in [0.15, 0.2) is 48.5 Å². The van der Waals surface area contributed by atoms with Crippen LogP contribution in [-0.4, -0.2) is 37.5 Å². The fourth-order valence-corrected chi connectivity index (χ4v) is 2.63. The summed E-state index contributed by atoms with van der Waals surface area (Å²) in [7, 11) is 1.61. The molecule has 0 saturated carbocycles. The molecule has 0 unspecified atom stereocenters. The second kappa shape index (κ2) is 10.8. The van der Waals surface area contributed by atoms with Gasteiger partial charge in [0.2, 0.25) is 5.91 Å². The molecule has 0 bridgehead atoms. The Bertz CT molecular complexity index is 831. The van der Waals surface area contributed by atoms with Gasteiger partial charge >= 0.3 is 5.97 Å². The first-order valence-corrected chi connectivity index (χ1v) is 9.34. The molecule has 0 radical (unpaired) electrons. The molecule has 7 nitrogen and oxygen atoms in total. The largest absolute Gasteiger partial charge is 0.497 e. The molecule has 2 N–H and O–H groups in total. The first kappa shape index (κ1) is 21.9. The maximum atomic E-state index is 12.1. The molecule has 0 saturated heterocycles. The molecule has 29 heavy (non-hydrogen) atoms. The average Bonchev–Trinajstić information content (AvgIpc) is 2.69. The summed E-state index contributed by atoms with van der Waals surface area (Å²) in [5.41, 5.74) is 2.45. The van der Waals surface area contributed by atoms with Gasteiger partial charge in [-0.25, -0.2) is 0 Å². The summed E-state index contributed by atoms with van der Waals surface area (Å²) in [5.74, 6) is -0.213. The molecule has 0 fully saturated rings. The van der Waals surface area contributed by atoms with Gasteiger partial charge in [0.25, 0.3) is 5.91 Å². The van der Waals surface area contributed by atoms with E-state index >= 15 is 0 Å². The summed E-state index contributed by atoms with van der Waals surface area (Å²) >= 11 is 0. The predicted octanol–water partition coefficient (Wildman–Crippen LogP) is 2.49. The van der Waals surface area contributed by atoms with Crippen LogP contribution >= 0.6 is 0 Å². The van der Waals surface area contributed by atoms with Crippen molar-refractivity contribution in [3.63, 3.8) is 0 Å². The third kappa shape index (κ3) is 7.65. The Kier molecular flexibility index (Phi) is 8.21.